The predicted molar refractivity (Wildman–Crippen MR) is 63.9 cm³/mol. The Bertz CT molecular complexity index is 413. The number of nitrogens with one attached hydrogen (secondary N) is 1. The second-order valence-electron chi connectivity index (χ2n) is 4.59. The number of aliphatic hydroxyl groups is 1. The van der Waals surface area contributed by atoms with Crippen LogP contribution in [0.25, 0.3) is 0 Å². The SMILES string of the molecule is Cc1cccc(OCC(=O)NC2(CO)CC2)c1. The van der Waals surface area contributed by atoms with Crippen molar-refractivity contribution in [1.82, 2.24) is 5.32 Å². The molecule has 1 aromatic rings. The molecule has 1 saturated carbocycles. The molecule has 1 aliphatic carbocycles. The number of rotatable bonds is 5. The molecule has 17 heavy (non-hydrogen) atoms. The molecule has 1 fully saturated rings. The molecular formula is C13H17NO3. The molecule has 0 spiro atoms. The Morgan fingerprint density at radius 3 is 2.88 bits per heavy atom. The molecule has 4 heteroatoms. The van der Waals surface area contributed by atoms with Crippen molar-refractivity contribution < 1.29 is 14.6 Å². The van der Waals surface area contributed by atoms with Crippen LogP contribution in [0.3, 0.4) is 0 Å². The van der Waals surface area contributed by atoms with Crippen LogP contribution in [-0.2, 0) is 4.79 Å². The largest absolute Gasteiger partial charge is 0.484 e. The lowest BCUT2D eigenvalue weighted by Gasteiger charge is -2.14. The summed E-state index contributed by atoms with van der Waals surface area (Å²) in [5.74, 6) is 0.507. The minimum Gasteiger partial charge on any atom is -0.484 e. The summed E-state index contributed by atoms with van der Waals surface area (Å²) in [6.07, 6.45) is 1.69. The molecule has 0 unspecified atom stereocenters. The number of hydrogen-bond donors (Lipinski definition) is 2. The van der Waals surface area contributed by atoms with E-state index in [0.29, 0.717) is 5.75 Å². The zero-order chi connectivity index (χ0) is 12.3. The van der Waals surface area contributed by atoms with Crippen molar-refractivity contribution in [2.75, 3.05) is 13.2 Å². The number of aliphatic hydroxyl groups excluding tert-OH is 1. The van der Waals surface area contributed by atoms with Gasteiger partial charge in [-0.3, -0.25) is 4.79 Å². The lowest BCUT2D eigenvalue weighted by Crippen LogP contribution is -2.42. The number of carbonyl (C=O) groups excluding carboxylic acids is 1. The first kappa shape index (κ1) is 11.9. The molecule has 0 atom stereocenters. The summed E-state index contributed by atoms with van der Waals surface area (Å²) in [7, 11) is 0. The van der Waals surface area contributed by atoms with Crippen LogP contribution in [0, 0.1) is 6.92 Å². The highest BCUT2D eigenvalue weighted by Gasteiger charge is 2.43. The average Bonchev–Trinajstić information content (AvgIpc) is 3.07. The van der Waals surface area contributed by atoms with E-state index in [2.05, 4.69) is 5.32 Å². The molecule has 0 bridgehead atoms. The average molecular weight is 235 g/mol. The van der Waals surface area contributed by atoms with Crippen LogP contribution in [0.5, 0.6) is 5.75 Å². The van der Waals surface area contributed by atoms with Gasteiger partial charge in [-0.05, 0) is 37.5 Å². The van der Waals surface area contributed by atoms with E-state index >= 15 is 0 Å². The van der Waals surface area contributed by atoms with Crippen LogP contribution in [0.15, 0.2) is 24.3 Å². The van der Waals surface area contributed by atoms with Gasteiger partial charge in [-0.15, -0.1) is 0 Å². The number of carbonyl (C=O) groups is 1. The lowest BCUT2D eigenvalue weighted by molar-refractivity contribution is -0.124. The topological polar surface area (TPSA) is 58.6 Å². The maximum absolute atomic E-state index is 11.6. The van der Waals surface area contributed by atoms with E-state index in [-0.39, 0.29) is 24.7 Å². The number of hydrogen-bond acceptors (Lipinski definition) is 3. The van der Waals surface area contributed by atoms with E-state index in [0.717, 1.165) is 18.4 Å². The summed E-state index contributed by atoms with van der Waals surface area (Å²) < 4.78 is 5.37. The molecule has 1 aliphatic rings. The molecule has 1 amide bonds. The van der Waals surface area contributed by atoms with Crippen LogP contribution < -0.4 is 10.1 Å². The van der Waals surface area contributed by atoms with Gasteiger partial charge in [0.05, 0.1) is 12.1 Å². The minimum atomic E-state index is -0.368. The maximum atomic E-state index is 11.6. The third-order valence-electron chi connectivity index (χ3n) is 2.92. The van der Waals surface area contributed by atoms with Gasteiger partial charge in [-0.2, -0.15) is 0 Å². The minimum absolute atomic E-state index is 0.00316. The predicted octanol–water partition coefficient (Wildman–Crippen LogP) is 1.01. The maximum Gasteiger partial charge on any atom is 0.258 e. The van der Waals surface area contributed by atoms with E-state index < -0.39 is 0 Å². The summed E-state index contributed by atoms with van der Waals surface area (Å²) in [4.78, 5) is 11.6. The van der Waals surface area contributed by atoms with Crippen molar-refractivity contribution in [2.24, 2.45) is 0 Å². The Hall–Kier alpha value is -1.55. The first-order valence-corrected chi connectivity index (χ1v) is 5.75. The lowest BCUT2D eigenvalue weighted by atomic mass is 10.2. The van der Waals surface area contributed by atoms with Gasteiger partial charge in [0.25, 0.3) is 5.91 Å². The Labute approximate surface area is 101 Å². The molecule has 2 rings (SSSR count). The molecular weight excluding hydrogens is 218 g/mol. The zero-order valence-corrected chi connectivity index (χ0v) is 9.90. The Balaban J connectivity index is 1.80. The molecule has 0 aliphatic heterocycles. The van der Waals surface area contributed by atoms with Crippen molar-refractivity contribution in [2.45, 2.75) is 25.3 Å². The van der Waals surface area contributed by atoms with Gasteiger partial charge in [-0.25, -0.2) is 0 Å². The standard InChI is InChI=1S/C13H17NO3/c1-10-3-2-4-11(7-10)17-8-12(16)14-13(9-15)5-6-13/h2-4,7,15H,5-6,8-9H2,1H3,(H,14,16). The van der Waals surface area contributed by atoms with Gasteiger partial charge >= 0.3 is 0 Å². The van der Waals surface area contributed by atoms with E-state index in [1.54, 1.807) is 0 Å². The van der Waals surface area contributed by atoms with E-state index in [1.165, 1.54) is 0 Å². The van der Waals surface area contributed by atoms with Crippen LogP contribution in [0.2, 0.25) is 0 Å². The van der Waals surface area contributed by atoms with Crippen molar-refractivity contribution >= 4 is 5.91 Å². The third-order valence-corrected chi connectivity index (χ3v) is 2.92. The van der Waals surface area contributed by atoms with Crippen LogP contribution in [0.1, 0.15) is 18.4 Å². The van der Waals surface area contributed by atoms with E-state index in [1.807, 2.05) is 31.2 Å². The molecule has 0 aromatic heterocycles. The zero-order valence-electron chi connectivity index (χ0n) is 9.90. The molecule has 0 heterocycles. The summed E-state index contributed by atoms with van der Waals surface area (Å²) >= 11 is 0. The van der Waals surface area contributed by atoms with E-state index in [9.17, 15) is 4.79 Å². The van der Waals surface area contributed by atoms with Crippen molar-refractivity contribution in [3.8, 4) is 5.75 Å². The Morgan fingerprint density at radius 2 is 2.29 bits per heavy atom. The quantitative estimate of drug-likeness (QED) is 0.801. The molecule has 1 aromatic carbocycles. The fraction of sp³-hybridized carbons (Fsp3) is 0.462. The highest BCUT2D eigenvalue weighted by atomic mass is 16.5. The van der Waals surface area contributed by atoms with Crippen molar-refractivity contribution in [3.63, 3.8) is 0 Å². The number of aryl methyl sites for hydroxylation is 1. The first-order valence-electron chi connectivity index (χ1n) is 5.75. The fourth-order valence-electron chi connectivity index (χ4n) is 1.66. The van der Waals surface area contributed by atoms with Crippen LogP contribution >= 0.6 is 0 Å². The van der Waals surface area contributed by atoms with Gasteiger partial charge in [-0.1, -0.05) is 12.1 Å². The molecule has 0 radical (unpaired) electrons. The highest BCUT2D eigenvalue weighted by Crippen LogP contribution is 2.34. The van der Waals surface area contributed by atoms with Gasteiger partial charge in [0.1, 0.15) is 5.75 Å². The monoisotopic (exact) mass is 235 g/mol. The van der Waals surface area contributed by atoms with Gasteiger partial charge < -0.3 is 15.2 Å². The smallest absolute Gasteiger partial charge is 0.258 e. The summed E-state index contributed by atoms with van der Waals surface area (Å²) in [6, 6.07) is 7.56. The first-order chi connectivity index (χ1) is 8.13. The van der Waals surface area contributed by atoms with Crippen molar-refractivity contribution in [1.29, 1.82) is 0 Å². The number of ether oxygens (including phenoxy) is 1. The van der Waals surface area contributed by atoms with Crippen LogP contribution in [0.4, 0.5) is 0 Å². The number of benzene rings is 1. The second kappa shape index (κ2) is 4.75. The Kier molecular flexibility index (Phi) is 3.33. The highest BCUT2D eigenvalue weighted by molar-refractivity contribution is 5.78. The summed E-state index contributed by atoms with van der Waals surface area (Å²) in [6.45, 7) is 1.96. The second-order valence-corrected chi connectivity index (χ2v) is 4.59. The van der Waals surface area contributed by atoms with Crippen molar-refractivity contribution in [3.05, 3.63) is 29.8 Å². The molecule has 0 saturated heterocycles. The molecule has 4 nitrogen and oxygen atoms in total. The molecule has 2 N–H and O–H groups in total. The fourth-order valence-corrected chi connectivity index (χ4v) is 1.66. The normalized spacial score (nSPS) is 16.4. The third kappa shape index (κ3) is 3.20. The van der Waals surface area contributed by atoms with Gasteiger partial charge in [0.2, 0.25) is 0 Å². The van der Waals surface area contributed by atoms with Gasteiger partial charge in [0.15, 0.2) is 6.61 Å². The van der Waals surface area contributed by atoms with Crippen LogP contribution in [-0.4, -0.2) is 29.8 Å². The summed E-state index contributed by atoms with van der Waals surface area (Å²) in [5.41, 5.74) is 0.726. The van der Waals surface area contributed by atoms with E-state index in [4.69, 9.17) is 9.84 Å². The summed E-state index contributed by atoms with van der Waals surface area (Å²) in [5, 5.41) is 11.9. The van der Waals surface area contributed by atoms with Gasteiger partial charge in [0, 0.05) is 0 Å². The number of amides is 1. The molecule has 92 valence electrons. The Morgan fingerprint density at radius 1 is 1.53 bits per heavy atom.